The normalized spacial score (nSPS) is 32.7. The standard InChI is InChI=1S/C16H22N2O2/c1-16(7-4-8-17-10-16)15(20)18-14-12-6-3-2-5-11(12)9-13(14)19/h2-3,5-6,13-14,17,19H,4,7-10H2,1H3,(H,18,20)/t13-,14+,16?/m1/s1. The van der Waals surface area contributed by atoms with E-state index in [9.17, 15) is 9.90 Å². The minimum absolute atomic E-state index is 0.0467. The number of hydrogen-bond donors (Lipinski definition) is 3. The quantitative estimate of drug-likeness (QED) is 0.758. The molecule has 1 unspecified atom stereocenters. The van der Waals surface area contributed by atoms with E-state index >= 15 is 0 Å². The fourth-order valence-electron chi connectivity index (χ4n) is 3.31. The highest BCUT2D eigenvalue weighted by molar-refractivity contribution is 5.83. The van der Waals surface area contributed by atoms with Crippen LogP contribution in [0.15, 0.2) is 24.3 Å². The molecular formula is C16H22N2O2. The number of nitrogens with one attached hydrogen (secondary N) is 2. The Morgan fingerprint density at radius 1 is 1.45 bits per heavy atom. The molecule has 2 aliphatic rings. The van der Waals surface area contributed by atoms with Crippen molar-refractivity contribution in [2.45, 2.75) is 38.3 Å². The van der Waals surface area contributed by atoms with Crippen molar-refractivity contribution in [1.82, 2.24) is 10.6 Å². The molecular weight excluding hydrogens is 252 g/mol. The second kappa shape index (κ2) is 5.19. The summed E-state index contributed by atoms with van der Waals surface area (Å²) in [6, 6.07) is 7.69. The molecule has 4 nitrogen and oxygen atoms in total. The molecule has 0 radical (unpaired) electrons. The number of carbonyl (C=O) groups excluding carboxylic acids is 1. The van der Waals surface area contributed by atoms with Crippen LogP contribution in [0.25, 0.3) is 0 Å². The molecule has 1 aromatic rings. The van der Waals surface area contributed by atoms with Crippen molar-refractivity contribution >= 4 is 5.91 Å². The zero-order chi connectivity index (χ0) is 14.2. The van der Waals surface area contributed by atoms with Crippen LogP contribution in [-0.2, 0) is 11.2 Å². The van der Waals surface area contributed by atoms with Gasteiger partial charge in [0.15, 0.2) is 0 Å². The lowest BCUT2D eigenvalue weighted by molar-refractivity contribution is -0.132. The lowest BCUT2D eigenvalue weighted by atomic mass is 9.81. The van der Waals surface area contributed by atoms with Crippen LogP contribution in [0.2, 0.25) is 0 Å². The van der Waals surface area contributed by atoms with E-state index in [4.69, 9.17) is 0 Å². The lowest BCUT2D eigenvalue weighted by Gasteiger charge is -2.34. The number of rotatable bonds is 2. The summed E-state index contributed by atoms with van der Waals surface area (Å²) < 4.78 is 0. The van der Waals surface area contributed by atoms with E-state index in [1.165, 1.54) is 0 Å². The van der Waals surface area contributed by atoms with E-state index in [0.717, 1.165) is 30.5 Å². The van der Waals surface area contributed by atoms with Gasteiger partial charge in [0.2, 0.25) is 5.91 Å². The van der Waals surface area contributed by atoms with Crippen LogP contribution in [0.1, 0.15) is 36.9 Å². The average Bonchev–Trinajstić information content (AvgIpc) is 2.76. The topological polar surface area (TPSA) is 61.4 Å². The molecule has 1 heterocycles. The predicted molar refractivity (Wildman–Crippen MR) is 77.2 cm³/mol. The molecule has 4 heteroatoms. The average molecular weight is 274 g/mol. The van der Waals surface area contributed by atoms with Gasteiger partial charge in [0.1, 0.15) is 0 Å². The number of benzene rings is 1. The molecule has 0 saturated carbocycles. The van der Waals surface area contributed by atoms with Gasteiger partial charge >= 0.3 is 0 Å². The molecule has 1 aliphatic carbocycles. The minimum Gasteiger partial charge on any atom is -0.390 e. The van der Waals surface area contributed by atoms with Gasteiger partial charge in [0, 0.05) is 13.0 Å². The SMILES string of the molecule is CC1(C(=O)N[C@H]2c3ccccc3C[C@H]2O)CCCNC1. The zero-order valence-electron chi connectivity index (χ0n) is 11.9. The van der Waals surface area contributed by atoms with E-state index in [0.29, 0.717) is 13.0 Å². The number of aliphatic hydroxyl groups excluding tert-OH is 1. The summed E-state index contributed by atoms with van der Waals surface area (Å²) in [5.74, 6) is 0.0467. The lowest BCUT2D eigenvalue weighted by Crippen LogP contribution is -2.50. The fraction of sp³-hybridized carbons (Fsp3) is 0.562. The molecule has 0 spiro atoms. The maximum atomic E-state index is 12.6. The largest absolute Gasteiger partial charge is 0.390 e. The third-order valence-electron chi connectivity index (χ3n) is 4.64. The summed E-state index contributed by atoms with van der Waals surface area (Å²) in [4.78, 5) is 12.6. The molecule has 3 N–H and O–H groups in total. The first-order chi connectivity index (χ1) is 9.60. The summed E-state index contributed by atoms with van der Waals surface area (Å²) in [5, 5.41) is 16.6. The summed E-state index contributed by atoms with van der Waals surface area (Å²) in [5.41, 5.74) is 1.83. The van der Waals surface area contributed by atoms with E-state index < -0.39 is 6.10 Å². The zero-order valence-corrected chi connectivity index (χ0v) is 11.9. The van der Waals surface area contributed by atoms with Crippen LogP contribution in [0.3, 0.4) is 0 Å². The number of carbonyl (C=O) groups is 1. The van der Waals surface area contributed by atoms with Crippen molar-refractivity contribution in [2.75, 3.05) is 13.1 Å². The number of amides is 1. The summed E-state index contributed by atoms with van der Waals surface area (Å²) >= 11 is 0. The Kier molecular flexibility index (Phi) is 3.52. The van der Waals surface area contributed by atoms with Crippen molar-refractivity contribution in [3.05, 3.63) is 35.4 Å². The molecule has 1 saturated heterocycles. The minimum atomic E-state index is -0.517. The molecule has 108 valence electrons. The van der Waals surface area contributed by atoms with E-state index in [1.54, 1.807) is 0 Å². The second-order valence-corrected chi connectivity index (χ2v) is 6.26. The molecule has 1 fully saturated rings. The molecule has 3 atom stereocenters. The molecule has 0 aromatic heterocycles. The molecule has 0 bridgehead atoms. The monoisotopic (exact) mass is 274 g/mol. The first-order valence-corrected chi connectivity index (χ1v) is 7.38. The van der Waals surface area contributed by atoms with E-state index in [2.05, 4.69) is 10.6 Å². The van der Waals surface area contributed by atoms with E-state index in [-0.39, 0.29) is 17.4 Å². The number of fused-ring (bicyclic) bond motifs is 1. The van der Waals surface area contributed by atoms with Crippen molar-refractivity contribution in [2.24, 2.45) is 5.41 Å². The molecule has 3 rings (SSSR count). The Morgan fingerprint density at radius 2 is 2.25 bits per heavy atom. The van der Waals surface area contributed by atoms with Crippen molar-refractivity contribution in [3.8, 4) is 0 Å². The van der Waals surface area contributed by atoms with Crippen LogP contribution in [0.4, 0.5) is 0 Å². The van der Waals surface area contributed by atoms with Crippen LogP contribution >= 0.6 is 0 Å². The summed E-state index contributed by atoms with van der Waals surface area (Å²) in [6.07, 6.45) is 2.02. The van der Waals surface area contributed by atoms with Crippen LogP contribution < -0.4 is 10.6 Å². The number of piperidine rings is 1. The van der Waals surface area contributed by atoms with Gasteiger partial charge in [-0.3, -0.25) is 4.79 Å². The summed E-state index contributed by atoms with van der Waals surface area (Å²) in [7, 11) is 0. The Labute approximate surface area is 119 Å². The van der Waals surface area contributed by atoms with Crippen molar-refractivity contribution in [1.29, 1.82) is 0 Å². The Balaban J connectivity index is 1.76. The predicted octanol–water partition coefficient (Wildman–Crippen LogP) is 1.15. The Bertz CT molecular complexity index is 509. The summed E-state index contributed by atoms with van der Waals surface area (Å²) in [6.45, 7) is 3.70. The van der Waals surface area contributed by atoms with E-state index in [1.807, 2.05) is 31.2 Å². The first-order valence-electron chi connectivity index (χ1n) is 7.38. The smallest absolute Gasteiger partial charge is 0.227 e. The molecule has 20 heavy (non-hydrogen) atoms. The Hall–Kier alpha value is -1.39. The number of aliphatic hydroxyl groups is 1. The maximum absolute atomic E-state index is 12.6. The highest BCUT2D eigenvalue weighted by Gasteiger charge is 2.39. The van der Waals surface area contributed by atoms with Crippen LogP contribution in [-0.4, -0.2) is 30.2 Å². The fourth-order valence-corrected chi connectivity index (χ4v) is 3.31. The van der Waals surface area contributed by atoms with Gasteiger partial charge in [-0.1, -0.05) is 24.3 Å². The number of hydrogen-bond acceptors (Lipinski definition) is 3. The highest BCUT2D eigenvalue weighted by Crippen LogP contribution is 2.33. The highest BCUT2D eigenvalue weighted by atomic mass is 16.3. The molecule has 1 aliphatic heterocycles. The van der Waals surface area contributed by atoms with Gasteiger partial charge in [-0.05, 0) is 37.4 Å². The molecule has 1 aromatic carbocycles. The third kappa shape index (κ3) is 2.34. The van der Waals surface area contributed by atoms with Gasteiger partial charge < -0.3 is 15.7 Å². The second-order valence-electron chi connectivity index (χ2n) is 6.26. The van der Waals surface area contributed by atoms with Gasteiger partial charge in [-0.2, -0.15) is 0 Å². The van der Waals surface area contributed by atoms with Crippen LogP contribution in [0, 0.1) is 5.41 Å². The van der Waals surface area contributed by atoms with Crippen LogP contribution in [0.5, 0.6) is 0 Å². The van der Waals surface area contributed by atoms with Gasteiger partial charge in [-0.25, -0.2) is 0 Å². The Morgan fingerprint density at radius 3 is 3.00 bits per heavy atom. The van der Waals surface area contributed by atoms with Gasteiger partial charge in [0.25, 0.3) is 0 Å². The van der Waals surface area contributed by atoms with Gasteiger partial charge in [-0.15, -0.1) is 0 Å². The maximum Gasteiger partial charge on any atom is 0.227 e. The third-order valence-corrected chi connectivity index (χ3v) is 4.64. The van der Waals surface area contributed by atoms with Gasteiger partial charge in [0.05, 0.1) is 17.6 Å². The van der Waals surface area contributed by atoms with Crippen molar-refractivity contribution < 1.29 is 9.90 Å². The molecule has 1 amide bonds. The first kappa shape index (κ1) is 13.6. The van der Waals surface area contributed by atoms with Crippen molar-refractivity contribution in [3.63, 3.8) is 0 Å².